The van der Waals surface area contributed by atoms with E-state index in [4.69, 9.17) is 4.98 Å². The molecular formula is C20H25N. The second kappa shape index (κ2) is 5.63. The van der Waals surface area contributed by atoms with Crippen molar-refractivity contribution in [3.8, 4) is 11.1 Å². The zero-order valence-electron chi connectivity index (χ0n) is 13.7. The van der Waals surface area contributed by atoms with Gasteiger partial charge < -0.3 is 0 Å². The van der Waals surface area contributed by atoms with Crippen molar-refractivity contribution < 1.29 is 0 Å². The highest BCUT2D eigenvalue weighted by molar-refractivity contribution is 5.70. The zero-order valence-corrected chi connectivity index (χ0v) is 13.7. The van der Waals surface area contributed by atoms with Crippen molar-refractivity contribution in [1.29, 1.82) is 0 Å². The number of hydrogen-bond donors (Lipinski definition) is 0. The minimum atomic E-state index is 0.488. The van der Waals surface area contributed by atoms with Crippen molar-refractivity contribution in [3.05, 3.63) is 52.3 Å². The number of rotatable bonds is 2. The number of aromatic nitrogens is 1. The average molecular weight is 279 g/mol. The molecule has 0 atom stereocenters. The highest BCUT2D eigenvalue weighted by Gasteiger charge is 2.18. The fraction of sp³-hybridized carbons (Fsp3) is 0.450. The van der Waals surface area contributed by atoms with E-state index in [0.717, 1.165) is 6.42 Å². The van der Waals surface area contributed by atoms with Gasteiger partial charge in [-0.3, -0.25) is 4.98 Å². The van der Waals surface area contributed by atoms with Crippen LogP contribution < -0.4 is 0 Å². The molecule has 1 aliphatic rings. The Morgan fingerprint density at radius 3 is 2.43 bits per heavy atom. The van der Waals surface area contributed by atoms with Gasteiger partial charge >= 0.3 is 0 Å². The maximum Gasteiger partial charge on any atom is 0.0445 e. The van der Waals surface area contributed by atoms with E-state index < -0.39 is 0 Å². The van der Waals surface area contributed by atoms with E-state index >= 15 is 0 Å². The largest absolute Gasteiger partial charge is 0.257 e. The highest BCUT2D eigenvalue weighted by atomic mass is 14.7. The molecule has 1 aromatic carbocycles. The third kappa shape index (κ3) is 2.74. The van der Waals surface area contributed by atoms with Crippen molar-refractivity contribution in [3.63, 3.8) is 0 Å². The third-order valence-corrected chi connectivity index (χ3v) is 4.73. The molecule has 0 bridgehead atoms. The van der Waals surface area contributed by atoms with Crippen molar-refractivity contribution in [2.75, 3.05) is 0 Å². The molecule has 0 saturated heterocycles. The van der Waals surface area contributed by atoms with E-state index in [1.165, 1.54) is 58.5 Å². The van der Waals surface area contributed by atoms with Crippen LogP contribution in [0.3, 0.4) is 0 Å². The molecule has 21 heavy (non-hydrogen) atoms. The van der Waals surface area contributed by atoms with Crippen molar-refractivity contribution in [2.24, 2.45) is 0 Å². The lowest BCUT2D eigenvalue weighted by atomic mass is 9.87. The Labute approximate surface area is 128 Å². The van der Waals surface area contributed by atoms with Crippen LogP contribution in [0.4, 0.5) is 0 Å². The Morgan fingerprint density at radius 2 is 1.71 bits per heavy atom. The summed E-state index contributed by atoms with van der Waals surface area (Å²) >= 11 is 0. The number of fused-ring (bicyclic) bond motifs is 1. The summed E-state index contributed by atoms with van der Waals surface area (Å²) in [5.41, 5.74) is 9.61. The van der Waals surface area contributed by atoms with Crippen LogP contribution in [0.15, 0.2) is 24.3 Å². The summed E-state index contributed by atoms with van der Waals surface area (Å²) in [4.78, 5) is 4.94. The number of pyridine rings is 1. The van der Waals surface area contributed by atoms with Gasteiger partial charge in [0.2, 0.25) is 0 Å². The first kappa shape index (κ1) is 14.3. The van der Waals surface area contributed by atoms with E-state index in [2.05, 4.69) is 52.0 Å². The molecule has 0 aliphatic heterocycles. The molecule has 0 fully saturated rings. The van der Waals surface area contributed by atoms with E-state index in [9.17, 15) is 0 Å². The van der Waals surface area contributed by atoms with Gasteiger partial charge in [0, 0.05) is 11.4 Å². The van der Waals surface area contributed by atoms with Crippen LogP contribution in [0.1, 0.15) is 60.7 Å². The van der Waals surface area contributed by atoms with Gasteiger partial charge in [-0.25, -0.2) is 0 Å². The molecule has 1 heterocycles. The van der Waals surface area contributed by atoms with Gasteiger partial charge in [-0.05, 0) is 79.3 Å². The summed E-state index contributed by atoms with van der Waals surface area (Å²) < 4.78 is 0. The number of hydrogen-bond acceptors (Lipinski definition) is 1. The molecule has 3 rings (SSSR count). The van der Waals surface area contributed by atoms with E-state index in [1.807, 2.05) is 0 Å². The van der Waals surface area contributed by atoms with Gasteiger partial charge in [0.05, 0.1) is 0 Å². The lowest BCUT2D eigenvalue weighted by Crippen LogP contribution is -2.10. The molecule has 0 saturated carbocycles. The Balaban J connectivity index is 2.19. The van der Waals surface area contributed by atoms with E-state index in [0.29, 0.717) is 5.92 Å². The van der Waals surface area contributed by atoms with Crippen molar-refractivity contribution >= 4 is 0 Å². The normalized spacial score (nSPS) is 14.3. The second-order valence-corrected chi connectivity index (χ2v) is 6.68. The molecule has 0 radical (unpaired) electrons. The summed E-state index contributed by atoms with van der Waals surface area (Å²) in [7, 11) is 0. The van der Waals surface area contributed by atoms with Crippen LogP contribution in [-0.2, 0) is 12.8 Å². The lowest BCUT2D eigenvalue weighted by molar-refractivity contribution is 0.659. The van der Waals surface area contributed by atoms with E-state index in [-0.39, 0.29) is 0 Å². The van der Waals surface area contributed by atoms with Crippen LogP contribution >= 0.6 is 0 Å². The topological polar surface area (TPSA) is 12.9 Å². The highest BCUT2D eigenvalue weighted by Crippen LogP contribution is 2.33. The molecule has 110 valence electrons. The molecule has 0 N–H and O–H groups in total. The predicted octanol–water partition coefficient (Wildman–Crippen LogP) is 5.37. The summed E-state index contributed by atoms with van der Waals surface area (Å²) in [6, 6.07) is 9.19. The first-order chi connectivity index (χ1) is 10.1. The fourth-order valence-corrected chi connectivity index (χ4v) is 3.19. The van der Waals surface area contributed by atoms with Gasteiger partial charge in [0.1, 0.15) is 0 Å². The lowest BCUT2D eigenvalue weighted by Gasteiger charge is -2.21. The van der Waals surface area contributed by atoms with Gasteiger partial charge in [-0.15, -0.1) is 0 Å². The molecular weight excluding hydrogens is 254 g/mol. The SMILES string of the molecule is Cc1ccc(-c2cc(C(C)C)nc3c2CCCC3)cc1C. The van der Waals surface area contributed by atoms with Crippen LogP contribution in [0.25, 0.3) is 11.1 Å². The minimum Gasteiger partial charge on any atom is -0.257 e. The summed E-state index contributed by atoms with van der Waals surface area (Å²) in [5, 5.41) is 0. The average Bonchev–Trinajstić information content (AvgIpc) is 2.49. The molecule has 0 spiro atoms. The van der Waals surface area contributed by atoms with Crippen molar-refractivity contribution in [2.45, 2.75) is 59.3 Å². The minimum absolute atomic E-state index is 0.488. The number of aryl methyl sites for hydroxylation is 3. The molecule has 1 aromatic heterocycles. The summed E-state index contributed by atoms with van der Waals surface area (Å²) in [6.45, 7) is 8.86. The zero-order chi connectivity index (χ0) is 15.0. The monoisotopic (exact) mass is 279 g/mol. The van der Waals surface area contributed by atoms with Gasteiger partial charge in [0.25, 0.3) is 0 Å². The number of benzene rings is 1. The Hall–Kier alpha value is -1.63. The summed E-state index contributed by atoms with van der Waals surface area (Å²) in [6.07, 6.45) is 4.91. The first-order valence-corrected chi connectivity index (χ1v) is 8.16. The molecule has 0 unspecified atom stereocenters. The van der Waals surface area contributed by atoms with Crippen LogP contribution in [0.2, 0.25) is 0 Å². The van der Waals surface area contributed by atoms with Crippen molar-refractivity contribution in [1.82, 2.24) is 4.98 Å². The quantitative estimate of drug-likeness (QED) is 0.720. The third-order valence-electron chi connectivity index (χ3n) is 4.73. The predicted molar refractivity (Wildman–Crippen MR) is 89.9 cm³/mol. The van der Waals surface area contributed by atoms with Gasteiger partial charge in [-0.2, -0.15) is 0 Å². The van der Waals surface area contributed by atoms with E-state index in [1.54, 1.807) is 0 Å². The van der Waals surface area contributed by atoms with Crippen LogP contribution in [-0.4, -0.2) is 4.98 Å². The number of nitrogens with zero attached hydrogens (tertiary/aromatic N) is 1. The van der Waals surface area contributed by atoms with Crippen LogP contribution in [0.5, 0.6) is 0 Å². The standard InChI is InChI=1S/C20H25N/c1-13(2)20-12-18(16-10-9-14(3)15(4)11-16)17-7-5-6-8-19(17)21-20/h9-13H,5-8H2,1-4H3. The fourth-order valence-electron chi connectivity index (χ4n) is 3.19. The second-order valence-electron chi connectivity index (χ2n) is 6.68. The molecule has 1 nitrogen and oxygen atoms in total. The van der Waals surface area contributed by atoms with Gasteiger partial charge in [-0.1, -0.05) is 32.0 Å². The van der Waals surface area contributed by atoms with Crippen LogP contribution in [0, 0.1) is 13.8 Å². The molecule has 1 heteroatoms. The Kier molecular flexibility index (Phi) is 3.84. The maximum atomic E-state index is 4.94. The smallest absolute Gasteiger partial charge is 0.0445 e. The molecule has 0 amide bonds. The molecule has 2 aromatic rings. The molecule has 1 aliphatic carbocycles. The first-order valence-electron chi connectivity index (χ1n) is 8.16. The maximum absolute atomic E-state index is 4.94. The Bertz CT molecular complexity index is 668. The summed E-state index contributed by atoms with van der Waals surface area (Å²) in [5.74, 6) is 0.488. The Morgan fingerprint density at radius 1 is 0.952 bits per heavy atom. The van der Waals surface area contributed by atoms with Gasteiger partial charge in [0.15, 0.2) is 0 Å².